The van der Waals surface area contributed by atoms with Crippen molar-refractivity contribution in [3.8, 4) is 0 Å². The molecule has 6 nitrogen and oxygen atoms in total. The predicted molar refractivity (Wildman–Crippen MR) is 50.6 cm³/mol. The molecule has 1 rings (SSSR count). The molecule has 0 saturated heterocycles. The smallest absolute Gasteiger partial charge is 0.0782 e. The second-order valence-corrected chi connectivity index (χ2v) is 3.20. The quantitative estimate of drug-likeness (QED) is 0.667. The van der Waals surface area contributed by atoms with Gasteiger partial charge in [0.25, 0.3) is 0 Å². The van der Waals surface area contributed by atoms with Gasteiger partial charge in [-0.25, -0.2) is 4.68 Å². The fourth-order valence-electron chi connectivity index (χ4n) is 1.20. The van der Waals surface area contributed by atoms with Gasteiger partial charge in [0.15, 0.2) is 0 Å². The maximum atomic E-state index is 8.98. The summed E-state index contributed by atoms with van der Waals surface area (Å²) in [5.41, 5.74) is 6.61. The first-order valence-corrected chi connectivity index (χ1v) is 4.46. The summed E-state index contributed by atoms with van der Waals surface area (Å²) in [5, 5.41) is 16.6. The van der Waals surface area contributed by atoms with E-state index >= 15 is 0 Å². The highest BCUT2D eigenvalue weighted by Crippen LogP contribution is 2.13. The van der Waals surface area contributed by atoms with Crippen molar-refractivity contribution in [3.63, 3.8) is 0 Å². The molecule has 1 heterocycles. The lowest BCUT2D eigenvalue weighted by molar-refractivity contribution is 0.173. The lowest BCUT2D eigenvalue weighted by Crippen LogP contribution is -2.23. The van der Waals surface area contributed by atoms with Crippen LogP contribution in [0, 0.1) is 0 Å². The van der Waals surface area contributed by atoms with E-state index in [9.17, 15) is 0 Å². The third-order valence-corrected chi connectivity index (χ3v) is 2.01. The molecule has 0 fully saturated rings. The monoisotopic (exact) mass is 200 g/mol. The summed E-state index contributed by atoms with van der Waals surface area (Å²) in [7, 11) is 1.59. The molecule has 2 atom stereocenters. The van der Waals surface area contributed by atoms with E-state index in [1.807, 2.05) is 6.92 Å². The van der Waals surface area contributed by atoms with E-state index in [0.717, 1.165) is 5.69 Å². The SMILES string of the molecule is COCC(N)c1cnnn1C(C)CO. The Hall–Kier alpha value is -0.980. The van der Waals surface area contributed by atoms with Crippen LogP contribution in [0.2, 0.25) is 0 Å². The summed E-state index contributed by atoms with van der Waals surface area (Å²) in [6.45, 7) is 2.26. The Morgan fingerprint density at radius 3 is 3.00 bits per heavy atom. The highest BCUT2D eigenvalue weighted by molar-refractivity contribution is 5.02. The van der Waals surface area contributed by atoms with Gasteiger partial charge in [0.2, 0.25) is 0 Å². The van der Waals surface area contributed by atoms with Gasteiger partial charge in [-0.05, 0) is 6.92 Å². The van der Waals surface area contributed by atoms with Crippen LogP contribution in [-0.2, 0) is 4.74 Å². The lowest BCUT2D eigenvalue weighted by Gasteiger charge is -2.15. The number of ether oxygens (including phenoxy) is 1. The molecule has 0 aliphatic heterocycles. The highest BCUT2D eigenvalue weighted by Gasteiger charge is 2.15. The van der Waals surface area contributed by atoms with Crippen LogP contribution in [0.25, 0.3) is 0 Å². The van der Waals surface area contributed by atoms with Gasteiger partial charge in [0.05, 0.1) is 37.2 Å². The van der Waals surface area contributed by atoms with Gasteiger partial charge in [0.1, 0.15) is 0 Å². The Morgan fingerprint density at radius 1 is 1.71 bits per heavy atom. The van der Waals surface area contributed by atoms with Crippen molar-refractivity contribution in [3.05, 3.63) is 11.9 Å². The number of aliphatic hydroxyl groups is 1. The Bertz CT molecular complexity index is 276. The van der Waals surface area contributed by atoms with Crippen LogP contribution >= 0.6 is 0 Å². The lowest BCUT2D eigenvalue weighted by atomic mass is 10.2. The van der Waals surface area contributed by atoms with Gasteiger partial charge in [0, 0.05) is 7.11 Å². The van der Waals surface area contributed by atoms with Crippen molar-refractivity contribution < 1.29 is 9.84 Å². The zero-order valence-electron chi connectivity index (χ0n) is 8.42. The van der Waals surface area contributed by atoms with Gasteiger partial charge in [-0.3, -0.25) is 0 Å². The van der Waals surface area contributed by atoms with Crippen molar-refractivity contribution in [1.82, 2.24) is 15.0 Å². The van der Waals surface area contributed by atoms with E-state index in [1.54, 1.807) is 18.0 Å². The number of methoxy groups -OCH3 is 1. The van der Waals surface area contributed by atoms with Crippen molar-refractivity contribution >= 4 is 0 Å². The first-order chi connectivity index (χ1) is 6.70. The third kappa shape index (κ3) is 2.28. The molecule has 80 valence electrons. The number of nitrogens with two attached hydrogens (primary N) is 1. The van der Waals surface area contributed by atoms with E-state index < -0.39 is 0 Å². The molecule has 14 heavy (non-hydrogen) atoms. The minimum atomic E-state index is -0.260. The van der Waals surface area contributed by atoms with Gasteiger partial charge in [-0.1, -0.05) is 5.21 Å². The van der Waals surface area contributed by atoms with E-state index in [4.69, 9.17) is 15.6 Å². The Morgan fingerprint density at radius 2 is 2.43 bits per heavy atom. The van der Waals surface area contributed by atoms with Crippen molar-refractivity contribution in [2.45, 2.75) is 19.0 Å². The molecule has 0 aromatic carbocycles. The largest absolute Gasteiger partial charge is 0.394 e. The van der Waals surface area contributed by atoms with Crippen LogP contribution in [0.4, 0.5) is 0 Å². The minimum absolute atomic E-state index is 0.00998. The highest BCUT2D eigenvalue weighted by atomic mass is 16.5. The molecule has 2 unspecified atom stereocenters. The van der Waals surface area contributed by atoms with E-state index in [2.05, 4.69) is 10.3 Å². The molecule has 0 spiro atoms. The van der Waals surface area contributed by atoms with Crippen molar-refractivity contribution in [2.24, 2.45) is 5.73 Å². The molecule has 1 aromatic heterocycles. The third-order valence-electron chi connectivity index (χ3n) is 2.01. The van der Waals surface area contributed by atoms with Crippen LogP contribution in [0.15, 0.2) is 6.20 Å². The minimum Gasteiger partial charge on any atom is -0.394 e. The molecule has 0 saturated carbocycles. The van der Waals surface area contributed by atoms with Gasteiger partial charge >= 0.3 is 0 Å². The predicted octanol–water partition coefficient (Wildman–Crippen LogP) is -0.522. The van der Waals surface area contributed by atoms with Gasteiger partial charge < -0.3 is 15.6 Å². The van der Waals surface area contributed by atoms with Crippen LogP contribution in [0.3, 0.4) is 0 Å². The molecule has 6 heteroatoms. The first kappa shape index (κ1) is 11.1. The zero-order chi connectivity index (χ0) is 10.6. The second-order valence-electron chi connectivity index (χ2n) is 3.20. The number of rotatable bonds is 5. The van der Waals surface area contributed by atoms with E-state index in [1.165, 1.54) is 0 Å². The van der Waals surface area contributed by atoms with Crippen molar-refractivity contribution in [2.75, 3.05) is 20.3 Å². The molecular weight excluding hydrogens is 184 g/mol. The summed E-state index contributed by atoms with van der Waals surface area (Å²) in [4.78, 5) is 0. The van der Waals surface area contributed by atoms with Crippen LogP contribution in [0.1, 0.15) is 24.7 Å². The Balaban J connectivity index is 2.81. The molecular formula is C8H16N4O2. The van der Waals surface area contributed by atoms with Gasteiger partial charge in [-0.2, -0.15) is 0 Å². The number of nitrogens with zero attached hydrogens (tertiary/aromatic N) is 3. The standard InChI is InChI=1S/C8H16N4O2/c1-6(4-13)12-8(3-10-11-12)7(9)5-14-2/h3,6-7,13H,4-5,9H2,1-2H3. The maximum absolute atomic E-state index is 8.98. The number of aliphatic hydroxyl groups excluding tert-OH is 1. The number of aromatic nitrogens is 3. The summed E-state index contributed by atoms with van der Waals surface area (Å²) in [5.74, 6) is 0. The van der Waals surface area contributed by atoms with E-state index in [-0.39, 0.29) is 18.7 Å². The van der Waals surface area contributed by atoms with Crippen LogP contribution in [0.5, 0.6) is 0 Å². The normalized spacial score (nSPS) is 15.4. The summed E-state index contributed by atoms with van der Waals surface area (Å²) >= 11 is 0. The molecule has 0 aliphatic carbocycles. The summed E-state index contributed by atoms with van der Waals surface area (Å²) < 4.78 is 6.55. The average molecular weight is 200 g/mol. The molecule has 0 amide bonds. The molecule has 0 bridgehead atoms. The average Bonchev–Trinajstić information content (AvgIpc) is 2.65. The van der Waals surface area contributed by atoms with Crippen molar-refractivity contribution in [1.29, 1.82) is 0 Å². The van der Waals surface area contributed by atoms with Crippen LogP contribution in [-0.4, -0.2) is 40.4 Å². The number of hydrogen-bond acceptors (Lipinski definition) is 5. The van der Waals surface area contributed by atoms with Crippen LogP contribution < -0.4 is 5.73 Å². The molecule has 0 radical (unpaired) electrons. The summed E-state index contributed by atoms with van der Waals surface area (Å²) in [6.07, 6.45) is 1.59. The summed E-state index contributed by atoms with van der Waals surface area (Å²) in [6, 6.07) is -0.376. The number of hydrogen-bond donors (Lipinski definition) is 2. The zero-order valence-corrected chi connectivity index (χ0v) is 8.42. The molecule has 1 aromatic rings. The Kier molecular flexibility index (Phi) is 3.99. The fourth-order valence-corrected chi connectivity index (χ4v) is 1.20. The molecule has 0 aliphatic rings. The fraction of sp³-hybridized carbons (Fsp3) is 0.750. The van der Waals surface area contributed by atoms with Gasteiger partial charge in [-0.15, -0.1) is 5.10 Å². The maximum Gasteiger partial charge on any atom is 0.0782 e. The second kappa shape index (κ2) is 5.04. The molecule has 3 N–H and O–H groups in total. The topological polar surface area (TPSA) is 86.2 Å². The van der Waals surface area contributed by atoms with E-state index in [0.29, 0.717) is 6.61 Å². The first-order valence-electron chi connectivity index (χ1n) is 4.46. The Labute approximate surface area is 82.7 Å².